The molecule has 1 amide bonds. The predicted octanol–water partition coefficient (Wildman–Crippen LogP) is 3.49. The highest BCUT2D eigenvalue weighted by atomic mass is 16.2. The average molecular weight is 281 g/mol. The van der Waals surface area contributed by atoms with Gasteiger partial charge in [0.25, 0.3) is 5.91 Å². The molecular weight excluding hydrogens is 262 g/mol. The van der Waals surface area contributed by atoms with Gasteiger partial charge in [-0.3, -0.25) is 4.79 Å². The van der Waals surface area contributed by atoms with Crippen LogP contribution in [-0.4, -0.2) is 21.6 Å². The van der Waals surface area contributed by atoms with Crippen molar-refractivity contribution in [1.82, 2.24) is 10.2 Å². The Morgan fingerprint density at radius 3 is 2.67 bits per heavy atom. The monoisotopic (exact) mass is 281 g/mol. The van der Waals surface area contributed by atoms with E-state index in [2.05, 4.69) is 44.0 Å². The van der Waals surface area contributed by atoms with E-state index in [1.165, 1.54) is 11.1 Å². The summed E-state index contributed by atoms with van der Waals surface area (Å²) < 4.78 is 0. The lowest BCUT2D eigenvalue weighted by Gasteiger charge is -2.43. The first-order valence-corrected chi connectivity index (χ1v) is 7.48. The standard InChI is InChI=1S/C17H19N3O/c1-8-6-11-9(2)7-17(4,5)20-15(11)13-12(8)10(3)18-19-14(13)16(20)21/h6,9H,7H2,1-5H3/t9-/m1/s1. The number of benzene rings is 1. The van der Waals surface area contributed by atoms with Crippen LogP contribution < -0.4 is 4.90 Å². The van der Waals surface area contributed by atoms with Gasteiger partial charge in [0.2, 0.25) is 0 Å². The van der Waals surface area contributed by atoms with Crippen molar-refractivity contribution >= 4 is 22.4 Å². The number of rotatable bonds is 0. The fourth-order valence-electron chi connectivity index (χ4n) is 4.26. The quantitative estimate of drug-likeness (QED) is 0.742. The molecule has 2 aliphatic rings. The zero-order valence-electron chi connectivity index (χ0n) is 13.1. The molecule has 0 saturated heterocycles. The van der Waals surface area contributed by atoms with E-state index in [0.29, 0.717) is 11.6 Å². The van der Waals surface area contributed by atoms with Gasteiger partial charge in [0.1, 0.15) is 0 Å². The smallest absolute Gasteiger partial charge is 0.280 e. The zero-order chi connectivity index (χ0) is 15.1. The second-order valence-electron chi connectivity index (χ2n) is 7.07. The Morgan fingerprint density at radius 1 is 1.24 bits per heavy atom. The van der Waals surface area contributed by atoms with Gasteiger partial charge in [0, 0.05) is 16.3 Å². The lowest BCUT2D eigenvalue weighted by molar-refractivity contribution is 0.0956. The minimum absolute atomic E-state index is 0.00579. The van der Waals surface area contributed by atoms with Crippen LogP contribution in [0.25, 0.3) is 10.8 Å². The van der Waals surface area contributed by atoms with Gasteiger partial charge < -0.3 is 4.90 Å². The van der Waals surface area contributed by atoms with Crippen LogP contribution in [-0.2, 0) is 0 Å². The molecule has 0 saturated carbocycles. The summed E-state index contributed by atoms with van der Waals surface area (Å²) >= 11 is 0. The van der Waals surface area contributed by atoms with Crippen molar-refractivity contribution < 1.29 is 4.79 Å². The van der Waals surface area contributed by atoms with Crippen LogP contribution in [0.5, 0.6) is 0 Å². The second-order valence-corrected chi connectivity index (χ2v) is 7.07. The number of carbonyl (C=O) groups excluding carboxylic acids is 1. The molecule has 4 nitrogen and oxygen atoms in total. The molecule has 0 aliphatic carbocycles. The van der Waals surface area contributed by atoms with Gasteiger partial charge in [0.05, 0.1) is 11.4 Å². The molecule has 4 rings (SSSR count). The molecule has 0 unspecified atom stereocenters. The Kier molecular flexibility index (Phi) is 2.19. The molecular formula is C17H19N3O. The average Bonchev–Trinajstić information content (AvgIpc) is 2.68. The first kappa shape index (κ1) is 12.7. The van der Waals surface area contributed by atoms with E-state index < -0.39 is 0 Å². The van der Waals surface area contributed by atoms with Gasteiger partial charge in [0.15, 0.2) is 5.69 Å². The molecule has 0 radical (unpaired) electrons. The number of hydrogen-bond acceptors (Lipinski definition) is 3. The molecule has 0 bridgehead atoms. The fraction of sp³-hybridized carbons (Fsp3) is 0.471. The lowest BCUT2D eigenvalue weighted by Crippen LogP contribution is -2.49. The molecule has 1 aromatic carbocycles. The maximum absolute atomic E-state index is 12.9. The molecule has 0 fully saturated rings. The lowest BCUT2D eigenvalue weighted by atomic mass is 9.79. The number of amides is 1. The number of aryl methyl sites for hydroxylation is 2. The number of aromatic nitrogens is 2. The summed E-state index contributed by atoms with van der Waals surface area (Å²) in [5, 5.41) is 10.5. The summed E-state index contributed by atoms with van der Waals surface area (Å²) in [5.74, 6) is 0.452. The largest absolute Gasteiger partial charge is 0.300 e. The van der Waals surface area contributed by atoms with E-state index in [1.54, 1.807) is 0 Å². The van der Waals surface area contributed by atoms with Gasteiger partial charge in [-0.25, -0.2) is 0 Å². The van der Waals surface area contributed by atoms with Gasteiger partial charge in [-0.15, -0.1) is 5.10 Å². The molecule has 21 heavy (non-hydrogen) atoms. The van der Waals surface area contributed by atoms with E-state index in [0.717, 1.165) is 28.6 Å². The number of hydrogen-bond donors (Lipinski definition) is 0. The Labute approximate surface area is 124 Å². The highest BCUT2D eigenvalue weighted by Crippen LogP contribution is 2.52. The van der Waals surface area contributed by atoms with Crippen LogP contribution in [0.4, 0.5) is 5.69 Å². The maximum atomic E-state index is 12.9. The van der Waals surface area contributed by atoms with Crippen molar-refractivity contribution in [2.24, 2.45) is 0 Å². The summed E-state index contributed by atoms with van der Waals surface area (Å²) in [4.78, 5) is 14.8. The fourth-order valence-corrected chi connectivity index (χ4v) is 4.26. The Morgan fingerprint density at radius 2 is 1.95 bits per heavy atom. The van der Waals surface area contributed by atoms with E-state index in [9.17, 15) is 4.79 Å². The number of nitrogens with zero attached hydrogens (tertiary/aromatic N) is 3. The minimum Gasteiger partial charge on any atom is -0.300 e. The first-order valence-electron chi connectivity index (χ1n) is 7.48. The summed E-state index contributed by atoms with van der Waals surface area (Å²) in [7, 11) is 0. The number of anilines is 1. The molecule has 3 heterocycles. The van der Waals surface area contributed by atoms with Crippen molar-refractivity contribution in [3.63, 3.8) is 0 Å². The normalized spacial score (nSPS) is 22.2. The van der Waals surface area contributed by atoms with Gasteiger partial charge in [-0.1, -0.05) is 13.0 Å². The van der Waals surface area contributed by atoms with Crippen LogP contribution in [0, 0.1) is 13.8 Å². The first-order chi connectivity index (χ1) is 9.83. The van der Waals surface area contributed by atoms with Crippen LogP contribution in [0.15, 0.2) is 6.07 Å². The third-order valence-corrected chi connectivity index (χ3v) is 5.00. The highest BCUT2D eigenvalue weighted by molar-refractivity contribution is 6.26. The summed E-state index contributed by atoms with van der Waals surface area (Å²) in [5.41, 5.74) is 4.80. The van der Waals surface area contributed by atoms with Gasteiger partial charge >= 0.3 is 0 Å². The van der Waals surface area contributed by atoms with Crippen molar-refractivity contribution in [3.8, 4) is 0 Å². The van der Waals surface area contributed by atoms with Crippen LogP contribution in [0.2, 0.25) is 0 Å². The van der Waals surface area contributed by atoms with E-state index >= 15 is 0 Å². The molecule has 0 spiro atoms. The van der Waals surface area contributed by atoms with Gasteiger partial charge in [-0.2, -0.15) is 5.10 Å². The molecule has 1 aromatic heterocycles. The van der Waals surface area contributed by atoms with Crippen LogP contribution in [0.1, 0.15) is 60.4 Å². The Bertz CT molecular complexity index is 823. The second kappa shape index (κ2) is 3.62. The summed E-state index contributed by atoms with van der Waals surface area (Å²) in [6.07, 6.45) is 0.969. The zero-order valence-corrected chi connectivity index (χ0v) is 13.1. The van der Waals surface area contributed by atoms with Crippen molar-refractivity contribution in [2.45, 2.75) is 52.5 Å². The third-order valence-electron chi connectivity index (χ3n) is 5.00. The third kappa shape index (κ3) is 1.38. The van der Waals surface area contributed by atoms with Gasteiger partial charge in [-0.05, 0) is 51.2 Å². The molecule has 1 atom stereocenters. The molecule has 2 aromatic rings. The van der Waals surface area contributed by atoms with E-state index in [-0.39, 0.29) is 11.4 Å². The Balaban J connectivity index is 2.23. The SMILES string of the molecule is Cc1cc2c3c4c(nnc(C)c14)C(=O)N3C(C)(C)C[C@H]2C. The molecule has 2 aliphatic heterocycles. The van der Waals surface area contributed by atoms with Crippen molar-refractivity contribution in [2.75, 3.05) is 4.90 Å². The van der Waals surface area contributed by atoms with Crippen LogP contribution in [0.3, 0.4) is 0 Å². The van der Waals surface area contributed by atoms with Crippen molar-refractivity contribution in [3.05, 3.63) is 28.6 Å². The van der Waals surface area contributed by atoms with Crippen LogP contribution >= 0.6 is 0 Å². The Hall–Kier alpha value is -1.97. The van der Waals surface area contributed by atoms with Crippen molar-refractivity contribution in [1.29, 1.82) is 0 Å². The molecule has 0 N–H and O–H groups in total. The minimum atomic E-state index is -0.180. The highest BCUT2D eigenvalue weighted by Gasteiger charge is 2.47. The van der Waals surface area contributed by atoms with E-state index in [4.69, 9.17) is 0 Å². The number of carbonyl (C=O) groups is 1. The summed E-state index contributed by atoms with van der Waals surface area (Å²) in [6, 6.07) is 2.24. The maximum Gasteiger partial charge on any atom is 0.280 e. The predicted molar refractivity (Wildman–Crippen MR) is 82.9 cm³/mol. The summed E-state index contributed by atoms with van der Waals surface area (Å²) in [6.45, 7) is 10.6. The molecule has 4 heteroatoms. The topological polar surface area (TPSA) is 46.1 Å². The molecule has 108 valence electrons. The van der Waals surface area contributed by atoms with E-state index in [1.807, 2.05) is 11.8 Å².